The van der Waals surface area contributed by atoms with Gasteiger partial charge in [-0.2, -0.15) is 5.10 Å². The first-order valence-corrected chi connectivity index (χ1v) is 11.4. The number of anilines is 1. The summed E-state index contributed by atoms with van der Waals surface area (Å²) in [5.74, 6) is 2.59. The van der Waals surface area contributed by atoms with Gasteiger partial charge in [0.15, 0.2) is 17.3 Å². The van der Waals surface area contributed by atoms with Crippen LogP contribution in [0, 0.1) is 12.8 Å². The van der Waals surface area contributed by atoms with Gasteiger partial charge in [0.05, 0.1) is 19.9 Å². The van der Waals surface area contributed by atoms with Gasteiger partial charge in [0.25, 0.3) is 0 Å². The molecule has 1 aromatic heterocycles. The monoisotopic (exact) mass is 463 g/mol. The molecule has 2 heterocycles. The second-order valence-electron chi connectivity index (χ2n) is 8.73. The van der Waals surface area contributed by atoms with Crippen LogP contribution in [-0.2, 0) is 4.79 Å². The Morgan fingerprint density at radius 1 is 1.06 bits per heavy atom. The third kappa shape index (κ3) is 3.59. The molecule has 33 heavy (non-hydrogen) atoms. The highest BCUT2D eigenvalue weighted by Gasteiger charge is 2.39. The van der Waals surface area contributed by atoms with Crippen LogP contribution >= 0.6 is 11.6 Å². The van der Waals surface area contributed by atoms with E-state index in [4.69, 9.17) is 26.2 Å². The maximum atomic E-state index is 13.3. The minimum absolute atomic E-state index is 0.155. The Morgan fingerprint density at radius 3 is 2.48 bits per heavy atom. The van der Waals surface area contributed by atoms with Gasteiger partial charge in [0.2, 0.25) is 0 Å². The van der Waals surface area contributed by atoms with Gasteiger partial charge >= 0.3 is 0 Å². The van der Waals surface area contributed by atoms with Gasteiger partial charge in [-0.15, -0.1) is 0 Å². The number of methoxy groups -OCH3 is 2. The lowest BCUT2D eigenvalue weighted by Crippen LogP contribution is -2.33. The SMILES string of the molecule is COc1ccc([C@@H]2C3=C(C[C@H](C)CC3=O)Nc3c(-c4ccc(Cl)cc4)c(C)nn32)cc1OC. The molecule has 6 nitrogen and oxygen atoms in total. The minimum Gasteiger partial charge on any atom is -0.493 e. The summed E-state index contributed by atoms with van der Waals surface area (Å²) in [7, 11) is 3.23. The zero-order valence-corrected chi connectivity index (χ0v) is 19.9. The summed E-state index contributed by atoms with van der Waals surface area (Å²) >= 11 is 6.13. The van der Waals surface area contributed by atoms with Crippen LogP contribution in [0.2, 0.25) is 5.02 Å². The summed E-state index contributed by atoms with van der Waals surface area (Å²) in [6, 6.07) is 13.2. The number of aryl methyl sites for hydroxylation is 1. The molecule has 0 saturated heterocycles. The Morgan fingerprint density at radius 2 is 1.79 bits per heavy atom. The van der Waals surface area contributed by atoms with E-state index in [1.54, 1.807) is 14.2 Å². The third-order valence-electron chi connectivity index (χ3n) is 6.44. The molecular formula is C26H26ClN3O3. The van der Waals surface area contributed by atoms with Crippen molar-refractivity contribution in [3.05, 3.63) is 70.0 Å². The van der Waals surface area contributed by atoms with E-state index in [9.17, 15) is 4.79 Å². The van der Waals surface area contributed by atoms with Crippen LogP contribution in [0.3, 0.4) is 0 Å². The zero-order chi connectivity index (χ0) is 23.3. The average molecular weight is 464 g/mol. The minimum atomic E-state index is -0.351. The number of aromatic nitrogens is 2. The molecule has 2 aliphatic rings. The van der Waals surface area contributed by atoms with Gasteiger partial charge in [0.1, 0.15) is 11.9 Å². The Labute approximate surface area is 198 Å². The normalized spacial score (nSPS) is 19.6. The van der Waals surface area contributed by atoms with Crippen LogP contribution in [0.15, 0.2) is 53.7 Å². The number of ketones is 1. The number of allylic oxidation sites excluding steroid dienone is 2. The maximum absolute atomic E-state index is 13.3. The molecule has 3 aromatic rings. The average Bonchev–Trinajstić information content (AvgIpc) is 3.12. The van der Waals surface area contributed by atoms with Crippen molar-refractivity contribution >= 4 is 23.2 Å². The standard InChI is InChI=1S/C26H26ClN3O3/c1-14-11-19-24(20(31)12-14)25(17-7-10-21(32-3)22(13-17)33-4)30-26(28-19)23(15(2)29-30)16-5-8-18(27)9-6-16/h5-10,13-14,25,28H,11-12H2,1-4H3/t14-,25+/m0/s1. The van der Waals surface area contributed by atoms with Crippen molar-refractivity contribution < 1.29 is 14.3 Å². The second-order valence-corrected chi connectivity index (χ2v) is 9.17. The van der Waals surface area contributed by atoms with E-state index in [1.807, 2.05) is 54.1 Å². The van der Waals surface area contributed by atoms with E-state index in [-0.39, 0.29) is 17.7 Å². The third-order valence-corrected chi connectivity index (χ3v) is 6.69. The summed E-state index contributed by atoms with van der Waals surface area (Å²) in [6.07, 6.45) is 1.35. The fourth-order valence-corrected chi connectivity index (χ4v) is 5.10. The Balaban J connectivity index is 1.73. The molecule has 1 N–H and O–H groups in total. The van der Waals surface area contributed by atoms with Crippen LogP contribution < -0.4 is 14.8 Å². The number of carbonyl (C=O) groups is 1. The smallest absolute Gasteiger partial charge is 0.163 e. The van der Waals surface area contributed by atoms with Gasteiger partial charge in [-0.25, -0.2) is 4.68 Å². The lowest BCUT2D eigenvalue weighted by atomic mass is 9.81. The highest BCUT2D eigenvalue weighted by atomic mass is 35.5. The zero-order valence-electron chi connectivity index (χ0n) is 19.1. The molecule has 7 heteroatoms. The van der Waals surface area contributed by atoms with Crippen LogP contribution in [0.1, 0.15) is 37.1 Å². The van der Waals surface area contributed by atoms with Crippen LogP contribution in [-0.4, -0.2) is 29.8 Å². The first-order chi connectivity index (χ1) is 15.9. The van der Waals surface area contributed by atoms with Gasteiger partial charge < -0.3 is 14.8 Å². The molecule has 0 spiro atoms. The molecule has 5 rings (SSSR count). The number of fused-ring (bicyclic) bond motifs is 1. The number of hydrogen-bond acceptors (Lipinski definition) is 5. The summed E-state index contributed by atoms with van der Waals surface area (Å²) in [5, 5.41) is 9.18. The largest absolute Gasteiger partial charge is 0.493 e. The molecule has 0 saturated carbocycles. The fraction of sp³-hybridized carbons (Fsp3) is 0.308. The van der Waals surface area contributed by atoms with Gasteiger partial charge in [-0.1, -0.05) is 36.7 Å². The lowest BCUT2D eigenvalue weighted by Gasteiger charge is -2.35. The van der Waals surface area contributed by atoms with Crippen LogP contribution in [0.25, 0.3) is 11.1 Å². The molecule has 2 atom stereocenters. The van der Waals surface area contributed by atoms with Crippen LogP contribution in [0.5, 0.6) is 11.5 Å². The molecule has 1 aliphatic carbocycles. The van der Waals surface area contributed by atoms with Crippen molar-refractivity contribution in [2.45, 2.75) is 32.7 Å². The summed E-state index contributed by atoms with van der Waals surface area (Å²) in [4.78, 5) is 13.3. The maximum Gasteiger partial charge on any atom is 0.163 e. The van der Waals surface area contributed by atoms with E-state index in [2.05, 4.69) is 12.2 Å². The van der Waals surface area contributed by atoms with E-state index in [0.29, 0.717) is 22.9 Å². The van der Waals surface area contributed by atoms with E-state index in [1.165, 1.54) is 0 Å². The predicted octanol–water partition coefficient (Wildman–Crippen LogP) is 5.80. The number of Topliss-reactive ketones (excluding diaryl/α,β-unsaturated/α-hetero) is 1. The van der Waals surface area contributed by atoms with Gasteiger partial charge in [-0.3, -0.25) is 4.79 Å². The Hall–Kier alpha value is -3.25. The molecule has 2 aromatic carbocycles. The molecule has 0 fully saturated rings. The topological polar surface area (TPSA) is 65.4 Å². The number of carbonyl (C=O) groups excluding carboxylic acids is 1. The summed E-state index contributed by atoms with van der Waals surface area (Å²) in [6.45, 7) is 4.11. The first-order valence-electron chi connectivity index (χ1n) is 11.0. The number of nitrogens with zero attached hydrogens (tertiary/aromatic N) is 2. The van der Waals surface area contributed by atoms with Crippen molar-refractivity contribution in [3.8, 4) is 22.6 Å². The predicted molar refractivity (Wildman–Crippen MR) is 129 cm³/mol. The molecule has 1 aliphatic heterocycles. The van der Waals surface area contributed by atoms with Crippen molar-refractivity contribution in [1.82, 2.24) is 9.78 Å². The van der Waals surface area contributed by atoms with Crippen molar-refractivity contribution in [2.24, 2.45) is 5.92 Å². The van der Waals surface area contributed by atoms with E-state index >= 15 is 0 Å². The number of halogens is 1. The molecular weight excluding hydrogens is 438 g/mol. The van der Waals surface area contributed by atoms with Gasteiger partial charge in [-0.05, 0) is 54.7 Å². The van der Waals surface area contributed by atoms with Crippen molar-refractivity contribution in [1.29, 1.82) is 0 Å². The number of nitrogens with one attached hydrogen (secondary N) is 1. The van der Waals surface area contributed by atoms with E-state index < -0.39 is 0 Å². The number of benzene rings is 2. The van der Waals surface area contributed by atoms with Crippen molar-refractivity contribution in [2.75, 3.05) is 19.5 Å². The highest BCUT2D eigenvalue weighted by Crippen LogP contribution is 2.47. The molecule has 0 unspecified atom stereocenters. The summed E-state index contributed by atoms with van der Waals surface area (Å²) in [5.41, 5.74) is 5.59. The van der Waals surface area contributed by atoms with Crippen LogP contribution in [0.4, 0.5) is 5.82 Å². The number of rotatable bonds is 4. The van der Waals surface area contributed by atoms with Gasteiger partial charge in [0, 0.05) is 28.3 Å². The number of hydrogen-bond donors (Lipinski definition) is 1. The summed E-state index contributed by atoms with van der Waals surface area (Å²) < 4.78 is 12.9. The molecule has 0 bridgehead atoms. The quantitative estimate of drug-likeness (QED) is 0.530. The molecule has 0 radical (unpaired) electrons. The Bertz CT molecular complexity index is 1280. The van der Waals surface area contributed by atoms with E-state index in [0.717, 1.165) is 45.9 Å². The highest BCUT2D eigenvalue weighted by molar-refractivity contribution is 6.30. The van der Waals surface area contributed by atoms with Crippen molar-refractivity contribution in [3.63, 3.8) is 0 Å². The fourth-order valence-electron chi connectivity index (χ4n) is 4.97. The Kier molecular flexibility index (Phi) is 5.41. The molecule has 0 amide bonds. The second kappa shape index (κ2) is 8.27. The lowest BCUT2D eigenvalue weighted by molar-refractivity contribution is -0.117. The number of ether oxygens (including phenoxy) is 2. The first kappa shape index (κ1) is 21.6. The molecule has 170 valence electrons.